The second-order valence-corrected chi connectivity index (χ2v) is 7.34. The molecule has 1 aromatic heterocycles. The first-order chi connectivity index (χ1) is 13.6. The van der Waals surface area contributed by atoms with E-state index >= 15 is 0 Å². The van der Waals surface area contributed by atoms with Gasteiger partial charge in [-0.3, -0.25) is 4.90 Å². The number of alkyl halides is 3. The first-order valence-electron chi connectivity index (χ1n) is 9.37. The Morgan fingerprint density at radius 1 is 1.03 bits per heavy atom. The van der Waals surface area contributed by atoms with Crippen molar-refractivity contribution < 1.29 is 26.3 Å². The number of benzene rings is 1. The van der Waals surface area contributed by atoms with Gasteiger partial charge >= 0.3 is 6.18 Å². The Bertz CT molecular complexity index is 835. The predicted molar refractivity (Wildman–Crippen MR) is 94.2 cm³/mol. The lowest BCUT2D eigenvalue weighted by atomic mass is 9.90. The molecule has 0 unspecified atom stereocenters. The summed E-state index contributed by atoms with van der Waals surface area (Å²) >= 11 is 0. The minimum absolute atomic E-state index is 0.223. The van der Waals surface area contributed by atoms with Gasteiger partial charge in [-0.15, -0.1) is 0 Å². The Balaban J connectivity index is 0.000000224. The zero-order valence-corrected chi connectivity index (χ0v) is 15.6. The molecule has 4 rings (SSSR count). The number of aromatic nitrogens is 2. The van der Waals surface area contributed by atoms with Gasteiger partial charge in [0.1, 0.15) is 11.6 Å². The van der Waals surface area contributed by atoms with Crippen LogP contribution in [-0.4, -0.2) is 33.1 Å². The molecule has 1 aromatic carbocycles. The molecule has 1 aliphatic heterocycles. The molecule has 2 N–H and O–H groups in total. The van der Waals surface area contributed by atoms with Crippen molar-refractivity contribution in [1.82, 2.24) is 14.5 Å². The van der Waals surface area contributed by atoms with Gasteiger partial charge in [0.2, 0.25) is 0 Å². The summed E-state index contributed by atoms with van der Waals surface area (Å²) in [5.41, 5.74) is 5.21. The van der Waals surface area contributed by atoms with E-state index in [0.717, 1.165) is 50.6 Å². The van der Waals surface area contributed by atoms with Gasteiger partial charge in [-0.05, 0) is 31.4 Å². The summed E-state index contributed by atoms with van der Waals surface area (Å²) in [7, 11) is 0. The quantitative estimate of drug-likeness (QED) is 0.559. The van der Waals surface area contributed by atoms with Crippen molar-refractivity contribution in [2.24, 2.45) is 5.73 Å². The molecule has 0 saturated heterocycles. The van der Waals surface area contributed by atoms with Crippen LogP contribution in [0.5, 0.6) is 0 Å². The van der Waals surface area contributed by atoms with E-state index in [-0.39, 0.29) is 6.04 Å². The summed E-state index contributed by atoms with van der Waals surface area (Å²) in [4.78, 5) is 5.99. The first kappa shape index (κ1) is 21.6. The maximum Gasteiger partial charge on any atom is 0.434 e. The second-order valence-electron chi connectivity index (χ2n) is 7.34. The first-order valence-corrected chi connectivity index (χ1v) is 9.37. The molecule has 1 fully saturated rings. The van der Waals surface area contributed by atoms with Gasteiger partial charge < -0.3 is 10.3 Å². The summed E-state index contributed by atoms with van der Waals surface area (Å²) < 4.78 is 75.5. The average Bonchev–Trinajstić information content (AvgIpc) is 3.09. The molecule has 2 aliphatic rings. The third kappa shape index (κ3) is 5.51. The summed E-state index contributed by atoms with van der Waals surface area (Å²) in [6.07, 6.45) is 0.941. The fourth-order valence-electron chi connectivity index (χ4n) is 3.72. The minimum Gasteiger partial charge on any atom is -0.332 e. The van der Waals surface area contributed by atoms with Gasteiger partial charge in [0.05, 0.1) is 6.54 Å². The van der Waals surface area contributed by atoms with Gasteiger partial charge in [-0.1, -0.05) is 6.42 Å². The molecule has 0 amide bonds. The van der Waals surface area contributed by atoms with Crippen LogP contribution in [0.2, 0.25) is 0 Å². The van der Waals surface area contributed by atoms with Gasteiger partial charge in [0.25, 0.3) is 0 Å². The lowest BCUT2D eigenvalue weighted by molar-refractivity contribution is -0.141. The maximum atomic E-state index is 12.7. The molecule has 2 aromatic rings. The molecule has 1 saturated carbocycles. The highest BCUT2D eigenvalue weighted by Crippen LogP contribution is 2.31. The Morgan fingerprint density at radius 3 is 2.41 bits per heavy atom. The van der Waals surface area contributed by atoms with E-state index in [1.165, 1.54) is 0 Å². The maximum absolute atomic E-state index is 12.7. The van der Waals surface area contributed by atoms with Crippen molar-refractivity contribution in [2.45, 2.75) is 57.0 Å². The van der Waals surface area contributed by atoms with Crippen LogP contribution >= 0.6 is 0 Å². The Hall–Kier alpha value is -2.07. The molecule has 2 heterocycles. The van der Waals surface area contributed by atoms with E-state index in [9.17, 15) is 26.3 Å². The highest BCUT2D eigenvalue weighted by molar-refractivity contribution is 5.10. The number of nitrogens with zero attached hydrogens (tertiary/aromatic N) is 3. The predicted octanol–water partition coefficient (Wildman–Crippen LogP) is 4.09. The number of nitrogens with two attached hydrogens (primary N) is 1. The lowest BCUT2D eigenvalue weighted by Crippen LogP contribution is -2.45. The van der Waals surface area contributed by atoms with Crippen LogP contribution < -0.4 is 5.73 Å². The Labute approximate surface area is 164 Å². The summed E-state index contributed by atoms with van der Waals surface area (Å²) in [5.74, 6) is -2.44. The number of halogens is 6. The van der Waals surface area contributed by atoms with Crippen LogP contribution in [0.15, 0.2) is 24.4 Å². The highest BCUT2D eigenvalue weighted by Gasteiger charge is 2.36. The van der Waals surface area contributed by atoms with Crippen LogP contribution in [0.25, 0.3) is 0 Å². The third-order valence-corrected chi connectivity index (χ3v) is 5.21. The minimum atomic E-state index is -4.36. The van der Waals surface area contributed by atoms with Crippen molar-refractivity contribution in [3.05, 3.63) is 53.4 Å². The van der Waals surface area contributed by atoms with E-state index in [2.05, 4.69) is 9.88 Å². The summed E-state index contributed by atoms with van der Waals surface area (Å²) in [5, 5.41) is 0. The third-order valence-electron chi connectivity index (χ3n) is 5.21. The van der Waals surface area contributed by atoms with Gasteiger partial charge in [-0.25, -0.2) is 18.2 Å². The van der Waals surface area contributed by atoms with Crippen molar-refractivity contribution in [3.63, 3.8) is 0 Å². The van der Waals surface area contributed by atoms with Gasteiger partial charge in [0.15, 0.2) is 17.3 Å². The van der Waals surface area contributed by atoms with Gasteiger partial charge in [-0.2, -0.15) is 13.2 Å². The van der Waals surface area contributed by atoms with Crippen LogP contribution in [0.4, 0.5) is 26.3 Å². The van der Waals surface area contributed by atoms with Crippen molar-refractivity contribution in [1.29, 1.82) is 0 Å². The van der Waals surface area contributed by atoms with Crippen LogP contribution in [0, 0.1) is 17.5 Å². The smallest absolute Gasteiger partial charge is 0.332 e. The van der Waals surface area contributed by atoms with E-state index in [1.807, 2.05) is 0 Å². The summed E-state index contributed by atoms with van der Waals surface area (Å²) in [6, 6.07) is 2.71. The number of hydrogen-bond donors (Lipinski definition) is 1. The van der Waals surface area contributed by atoms with E-state index in [0.29, 0.717) is 31.0 Å². The average molecular weight is 420 g/mol. The van der Waals surface area contributed by atoms with E-state index < -0.39 is 29.3 Å². The standard InChI is InChI=1S/C13H19F3N4.C6H3F3/c14-13(15,16)11-7-20-5-4-19(8-12(20)18-11)10-3-1-2-9(17)6-10;7-4-1-2-5(8)6(9)3-4/h7,9-10H,1-6,8,17H2;1-3H/t9-,10+;/m1./s1. The monoisotopic (exact) mass is 420 g/mol. The van der Waals surface area contributed by atoms with Crippen LogP contribution in [0.1, 0.15) is 37.2 Å². The van der Waals surface area contributed by atoms with Crippen LogP contribution in [0.3, 0.4) is 0 Å². The van der Waals surface area contributed by atoms with Crippen molar-refractivity contribution in [3.8, 4) is 0 Å². The molecule has 29 heavy (non-hydrogen) atoms. The SMILES string of the molecule is Fc1ccc(F)c(F)c1.N[C@@H]1CCC[C@H](N2CCn3cc(C(F)(F)F)nc3C2)C1. The molecule has 4 nitrogen and oxygen atoms in total. The molecular weight excluding hydrogens is 398 g/mol. The molecule has 2 atom stereocenters. The van der Waals surface area contributed by atoms with Crippen LogP contribution in [-0.2, 0) is 19.3 Å². The highest BCUT2D eigenvalue weighted by atomic mass is 19.4. The Morgan fingerprint density at radius 2 is 1.79 bits per heavy atom. The molecule has 160 valence electrons. The topological polar surface area (TPSA) is 47.1 Å². The zero-order valence-electron chi connectivity index (χ0n) is 15.6. The number of hydrogen-bond acceptors (Lipinski definition) is 3. The lowest BCUT2D eigenvalue weighted by Gasteiger charge is -2.38. The molecule has 10 heteroatoms. The van der Waals surface area contributed by atoms with E-state index in [4.69, 9.17) is 5.73 Å². The number of fused-ring (bicyclic) bond motifs is 1. The molecular formula is C19H22F6N4. The zero-order chi connectivity index (χ0) is 21.2. The number of imidazole rings is 1. The molecule has 0 bridgehead atoms. The molecule has 0 radical (unpaired) electrons. The molecule has 1 aliphatic carbocycles. The van der Waals surface area contributed by atoms with E-state index in [1.54, 1.807) is 4.57 Å². The van der Waals surface area contributed by atoms with Crippen molar-refractivity contribution in [2.75, 3.05) is 6.54 Å². The Kier molecular flexibility index (Phi) is 6.52. The second kappa shape index (κ2) is 8.74. The number of rotatable bonds is 1. The fourth-order valence-corrected chi connectivity index (χ4v) is 3.72. The summed E-state index contributed by atoms with van der Waals surface area (Å²) in [6.45, 7) is 1.84. The molecule has 0 spiro atoms. The fraction of sp³-hybridized carbons (Fsp3) is 0.526. The van der Waals surface area contributed by atoms with Gasteiger partial charge in [0, 0.05) is 37.4 Å². The normalized spacial score (nSPS) is 22.6. The van der Waals surface area contributed by atoms with Crippen molar-refractivity contribution >= 4 is 0 Å². The largest absolute Gasteiger partial charge is 0.434 e.